The van der Waals surface area contributed by atoms with Gasteiger partial charge in [-0.3, -0.25) is 9.79 Å². The molecule has 9 heteroatoms. The fourth-order valence-corrected chi connectivity index (χ4v) is 3.56. The Morgan fingerprint density at radius 3 is 2.67 bits per heavy atom. The average molecular weight is 419 g/mol. The Morgan fingerprint density at radius 2 is 2.03 bits per heavy atom. The van der Waals surface area contributed by atoms with E-state index < -0.39 is 23.4 Å². The highest BCUT2D eigenvalue weighted by Gasteiger charge is 2.34. The smallest absolute Gasteiger partial charge is 0.386 e. The van der Waals surface area contributed by atoms with Crippen molar-refractivity contribution in [3.8, 4) is 11.1 Å². The highest BCUT2D eigenvalue weighted by atomic mass is 19.4. The fraction of sp³-hybridized carbons (Fsp3) is 0.381. The second-order valence-corrected chi connectivity index (χ2v) is 7.58. The summed E-state index contributed by atoms with van der Waals surface area (Å²) in [6.07, 6.45) is -0.915. The molecule has 2 aliphatic heterocycles. The molecule has 1 unspecified atom stereocenters. The maximum Gasteiger partial charge on any atom is 0.416 e. The number of aromatic nitrogens is 1. The molecule has 0 saturated carbocycles. The van der Waals surface area contributed by atoms with E-state index in [-0.39, 0.29) is 18.9 Å². The summed E-state index contributed by atoms with van der Waals surface area (Å²) in [6.45, 7) is 2.47. The number of carbonyl (C=O) groups excluding carboxylic acids is 1. The van der Waals surface area contributed by atoms with Gasteiger partial charge in [-0.05, 0) is 24.6 Å². The van der Waals surface area contributed by atoms with Gasteiger partial charge in [0.05, 0.1) is 17.7 Å². The SMILES string of the molecule is C[C@@H]1N=Cc2c(-c3ccc(C(F)(F)F)cc3)cnc(NCC3(O)CCOC3)c2C1=O. The second kappa shape index (κ2) is 7.48. The highest BCUT2D eigenvalue weighted by molar-refractivity contribution is 6.15. The van der Waals surface area contributed by atoms with Crippen LogP contribution in [-0.4, -0.2) is 53.5 Å². The monoisotopic (exact) mass is 419 g/mol. The van der Waals surface area contributed by atoms with E-state index in [2.05, 4.69) is 15.3 Å². The van der Waals surface area contributed by atoms with Crippen LogP contribution in [0.3, 0.4) is 0 Å². The fourth-order valence-electron chi connectivity index (χ4n) is 3.56. The minimum atomic E-state index is -4.43. The van der Waals surface area contributed by atoms with E-state index in [9.17, 15) is 23.1 Å². The molecule has 1 saturated heterocycles. The maximum absolute atomic E-state index is 12.9. The Labute approximate surface area is 170 Å². The number of aliphatic hydroxyl groups is 1. The number of anilines is 1. The van der Waals surface area contributed by atoms with Gasteiger partial charge < -0.3 is 15.2 Å². The van der Waals surface area contributed by atoms with E-state index in [0.717, 1.165) is 12.1 Å². The van der Waals surface area contributed by atoms with Crippen LogP contribution in [-0.2, 0) is 10.9 Å². The molecule has 1 aromatic carbocycles. The number of halogens is 3. The van der Waals surface area contributed by atoms with Crippen molar-refractivity contribution in [1.29, 1.82) is 0 Å². The summed E-state index contributed by atoms with van der Waals surface area (Å²) >= 11 is 0. The first-order valence-electron chi connectivity index (χ1n) is 9.50. The summed E-state index contributed by atoms with van der Waals surface area (Å²) in [5, 5.41) is 13.5. The molecule has 2 aromatic rings. The number of pyridine rings is 1. The molecule has 158 valence electrons. The first kappa shape index (κ1) is 20.5. The lowest BCUT2D eigenvalue weighted by molar-refractivity contribution is -0.137. The van der Waals surface area contributed by atoms with E-state index >= 15 is 0 Å². The van der Waals surface area contributed by atoms with Crippen molar-refractivity contribution in [1.82, 2.24) is 4.98 Å². The molecule has 1 fully saturated rings. The number of hydrogen-bond donors (Lipinski definition) is 2. The van der Waals surface area contributed by atoms with Crippen LogP contribution < -0.4 is 5.32 Å². The third kappa shape index (κ3) is 3.82. The molecule has 0 amide bonds. The van der Waals surface area contributed by atoms with Gasteiger partial charge in [-0.2, -0.15) is 13.2 Å². The Hall–Kier alpha value is -2.78. The normalized spacial score (nSPS) is 23.5. The molecule has 30 heavy (non-hydrogen) atoms. The van der Waals surface area contributed by atoms with Crippen LogP contribution in [0, 0.1) is 0 Å². The van der Waals surface area contributed by atoms with Crippen molar-refractivity contribution in [3.05, 3.63) is 47.2 Å². The van der Waals surface area contributed by atoms with Gasteiger partial charge in [0.25, 0.3) is 0 Å². The van der Waals surface area contributed by atoms with E-state index in [1.165, 1.54) is 18.3 Å². The average Bonchev–Trinajstić information content (AvgIpc) is 3.15. The van der Waals surface area contributed by atoms with E-state index in [0.29, 0.717) is 41.1 Å². The largest absolute Gasteiger partial charge is 0.416 e. The number of Topliss-reactive ketones (excluding diaryl/α,β-unsaturated/α-hetero) is 1. The number of rotatable bonds is 4. The first-order valence-corrected chi connectivity index (χ1v) is 9.50. The number of alkyl halides is 3. The van der Waals surface area contributed by atoms with E-state index in [1.54, 1.807) is 13.1 Å². The molecule has 0 bridgehead atoms. The summed E-state index contributed by atoms with van der Waals surface area (Å²) in [5.41, 5.74) is 0.0169. The first-order chi connectivity index (χ1) is 14.2. The number of ether oxygens (including phenoxy) is 1. The van der Waals surface area contributed by atoms with Gasteiger partial charge in [-0.1, -0.05) is 12.1 Å². The molecule has 6 nitrogen and oxygen atoms in total. The van der Waals surface area contributed by atoms with Crippen LogP contribution in [0.25, 0.3) is 11.1 Å². The zero-order valence-electron chi connectivity index (χ0n) is 16.2. The molecule has 0 radical (unpaired) electrons. The van der Waals surface area contributed by atoms with Gasteiger partial charge in [-0.15, -0.1) is 0 Å². The molecular weight excluding hydrogens is 399 g/mol. The summed E-state index contributed by atoms with van der Waals surface area (Å²) in [4.78, 5) is 21.4. The van der Waals surface area contributed by atoms with Gasteiger partial charge in [-0.25, -0.2) is 4.98 Å². The molecular formula is C21H20F3N3O3. The summed E-state index contributed by atoms with van der Waals surface area (Å²) in [5.74, 6) is 0.0647. The number of nitrogens with one attached hydrogen (secondary N) is 1. The van der Waals surface area contributed by atoms with Crippen LogP contribution >= 0.6 is 0 Å². The Bertz CT molecular complexity index is 997. The van der Waals surface area contributed by atoms with Crippen molar-refractivity contribution >= 4 is 17.8 Å². The molecule has 2 aliphatic rings. The van der Waals surface area contributed by atoms with E-state index in [1.807, 2.05) is 0 Å². The van der Waals surface area contributed by atoms with Gasteiger partial charge in [0.1, 0.15) is 17.5 Å². The van der Waals surface area contributed by atoms with E-state index in [4.69, 9.17) is 4.74 Å². The number of aliphatic imine (C=N–C) groups is 1. The number of carbonyl (C=O) groups is 1. The van der Waals surface area contributed by atoms with Crippen LogP contribution in [0.5, 0.6) is 0 Å². The quantitative estimate of drug-likeness (QED) is 0.794. The van der Waals surface area contributed by atoms with Crippen LogP contribution in [0.2, 0.25) is 0 Å². The van der Waals surface area contributed by atoms with Crippen LogP contribution in [0.4, 0.5) is 19.0 Å². The Morgan fingerprint density at radius 1 is 1.30 bits per heavy atom. The third-order valence-electron chi connectivity index (χ3n) is 5.36. The summed E-state index contributed by atoms with van der Waals surface area (Å²) < 4.78 is 43.8. The molecule has 2 atom stereocenters. The molecule has 2 N–H and O–H groups in total. The van der Waals surface area contributed by atoms with Crippen molar-refractivity contribution < 1.29 is 27.8 Å². The topological polar surface area (TPSA) is 83.8 Å². The molecule has 3 heterocycles. The van der Waals surface area contributed by atoms with Crippen molar-refractivity contribution in [2.45, 2.75) is 31.2 Å². The summed E-state index contributed by atoms with van der Waals surface area (Å²) in [7, 11) is 0. The predicted molar refractivity (Wildman–Crippen MR) is 105 cm³/mol. The van der Waals surface area contributed by atoms with Crippen molar-refractivity contribution in [2.75, 3.05) is 25.1 Å². The molecule has 0 spiro atoms. The standard InChI is InChI=1S/C21H20F3N3O3/c1-12-18(28)17-16(9-25-12)15(13-2-4-14(5-3-13)21(22,23)24)8-26-19(17)27-10-20(29)6-7-30-11-20/h2-5,8-9,12,29H,6-7,10-11H2,1H3,(H,26,27)/t12-,20?/m0/s1. The maximum atomic E-state index is 12.9. The molecule has 0 aliphatic carbocycles. The van der Waals surface area contributed by atoms with Gasteiger partial charge in [0.15, 0.2) is 5.78 Å². The molecule has 1 aromatic heterocycles. The zero-order valence-corrected chi connectivity index (χ0v) is 16.2. The van der Waals surface area contributed by atoms with Crippen LogP contribution in [0.1, 0.15) is 34.8 Å². The number of benzene rings is 1. The second-order valence-electron chi connectivity index (χ2n) is 7.58. The summed E-state index contributed by atoms with van der Waals surface area (Å²) in [6, 6.07) is 4.09. The lowest BCUT2D eigenvalue weighted by Gasteiger charge is -2.24. The van der Waals surface area contributed by atoms with Crippen LogP contribution in [0.15, 0.2) is 35.5 Å². The van der Waals surface area contributed by atoms with Gasteiger partial charge >= 0.3 is 6.18 Å². The zero-order chi connectivity index (χ0) is 21.5. The Balaban J connectivity index is 1.72. The van der Waals surface area contributed by atoms with Gasteiger partial charge in [0.2, 0.25) is 0 Å². The minimum Gasteiger partial charge on any atom is -0.386 e. The highest BCUT2D eigenvalue weighted by Crippen LogP contribution is 2.35. The van der Waals surface area contributed by atoms with Gasteiger partial charge in [0, 0.05) is 43.1 Å². The number of fused-ring (bicyclic) bond motifs is 1. The molecule has 4 rings (SSSR count). The minimum absolute atomic E-state index is 0.158. The third-order valence-corrected chi connectivity index (χ3v) is 5.36. The predicted octanol–water partition coefficient (Wildman–Crippen LogP) is 3.33. The lowest BCUT2D eigenvalue weighted by Crippen LogP contribution is -2.38. The number of ketones is 1. The number of nitrogens with zero attached hydrogens (tertiary/aromatic N) is 2. The number of hydrogen-bond acceptors (Lipinski definition) is 6. The van der Waals surface area contributed by atoms with Crippen molar-refractivity contribution in [2.24, 2.45) is 4.99 Å². The Kier molecular flexibility index (Phi) is 5.11. The lowest BCUT2D eigenvalue weighted by atomic mass is 9.91. The van der Waals surface area contributed by atoms with Crippen molar-refractivity contribution in [3.63, 3.8) is 0 Å².